The number of H-pyrrole nitrogens is 1. The van der Waals surface area contributed by atoms with E-state index < -0.39 is 15.4 Å². The summed E-state index contributed by atoms with van der Waals surface area (Å²) in [6, 6.07) is 9.61. The van der Waals surface area contributed by atoms with Gasteiger partial charge in [-0.1, -0.05) is 18.2 Å². The molecule has 96 valence electrons. The molecule has 0 amide bonds. The minimum Gasteiger partial charge on any atom is -0.268 e. The Labute approximate surface area is 112 Å². The molecular formula is C12H8N2O3S2. The van der Waals surface area contributed by atoms with Gasteiger partial charge in [-0.05, 0) is 12.1 Å². The summed E-state index contributed by atoms with van der Waals surface area (Å²) < 4.78 is 25.8. The van der Waals surface area contributed by atoms with Gasteiger partial charge in [-0.2, -0.15) is 5.10 Å². The molecule has 1 N–H and O–H groups in total. The summed E-state index contributed by atoms with van der Waals surface area (Å²) in [5, 5.41) is 7.83. The smallest absolute Gasteiger partial charge is 0.264 e. The molecule has 0 atom stereocenters. The van der Waals surface area contributed by atoms with Crippen molar-refractivity contribution in [2.45, 2.75) is 9.92 Å². The molecule has 0 spiro atoms. The molecule has 0 aliphatic carbocycles. The lowest BCUT2D eigenvalue weighted by Crippen LogP contribution is -2.11. The van der Waals surface area contributed by atoms with Crippen LogP contribution >= 0.6 is 11.3 Å². The van der Waals surface area contributed by atoms with Crippen molar-refractivity contribution in [1.82, 2.24) is 10.2 Å². The van der Waals surface area contributed by atoms with E-state index in [9.17, 15) is 13.2 Å². The Morgan fingerprint density at radius 1 is 1.11 bits per heavy atom. The highest BCUT2D eigenvalue weighted by Gasteiger charge is 2.23. The van der Waals surface area contributed by atoms with Gasteiger partial charge in [0.2, 0.25) is 9.84 Å². The van der Waals surface area contributed by atoms with E-state index >= 15 is 0 Å². The van der Waals surface area contributed by atoms with Crippen LogP contribution in [0, 0.1) is 0 Å². The molecule has 3 aromatic rings. The van der Waals surface area contributed by atoms with Crippen LogP contribution in [0.5, 0.6) is 0 Å². The van der Waals surface area contributed by atoms with E-state index in [-0.39, 0.29) is 9.92 Å². The molecule has 0 aliphatic rings. The Bertz CT molecular complexity index is 889. The summed E-state index contributed by atoms with van der Waals surface area (Å²) in [5.41, 5.74) is -0.436. The zero-order valence-electron chi connectivity index (χ0n) is 9.53. The summed E-state index contributed by atoms with van der Waals surface area (Å²) in [6.45, 7) is 0. The highest BCUT2D eigenvalue weighted by Crippen LogP contribution is 2.31. The number of rotatable bonds is 2. The number of nitrogens with one attached hydrogen (secondary N) is 1. The monoisotopic (exact) mass is 292 g/mol. The van der Waals surface area contributed by atoms with Crippen molar-refractivity contribution in [3.63, 3.8) is 0 Å². The van der Waals surface area contributed by atoms with Crippen molar-refractivity contribution >= 4 is 31.3 Å². The first-order chi connectivity index (χ1) is 9.09. The Morgan fingerprint density at radius 3 is 2.63 bits per heavy atom. The molecule has 0 fully saturated rings. The third kappa shape index (κ3) is 1.96. The molecule has 5 nitrogen and oxygen atoms in total. The van der Waals surface area contributed by atoms with Crippen LogP contribution in [-0.2, 0) is 9.84 Å². The van der Waals surface area contributed by atoms with Crippen molar-refractivity contribution in [2.75, 3.05) is 0 Å². The molecule has 2 heterocycles. The van der Waals surface area contributed by atoms with Crippen LogP contribution < -0.4 is 5.56 Å². The Kier molecular flexibility index (Phi) is 2.72. The number of thiophene rings is 1. The van der Waals surface area contributed by atoms with Crippen molar-refractivity contribution in [1.29, 1.82) is 0 Å². The van der Waals surface area contributed by atoms with Gasteiger partial charge in [0.25, 0.3) is 5.56 Å². The van der Waals surface area contributed by atoms with Crippen LogP contribution in [0.1, 0.15) is 0 Å². The summed E-state index contributed by atoms with van der Waals surface area (Å²) in [6.07, 6.45) is 0. The molecule has 0 radical (unpaired) electrons. The average molecular weight is 292 g/mol. The first-order valence-corrected chi connectivity index (χ1v) is 7.72. The lowest BCUT2D eigenvalue weighted by molar-refractivity contribution is 0.591. The third-order valence-corrected chi connectivity index (χ3v) is 5.47. The number of hydrogen-bond acceptors (Lipinski definition) is 5. The zero-order chi connectivity index (χ0) is 13.5. The van der Waals surface area contributed by atoms with Crippen LogP contribution in [0.25, 0.3) is 10.1 Å². The van der Waals surface area contributed by atoms with Crippen LogP contribution in [-0.4, -0.2) is 18.6 Å². The minimum absolute atomic E-state index is 0.157. The molecule has 1 aromatic carbocycles. The minimum atomic E-state index is -3.71. The van der Waals surface area contributed by atoms with E-state index in [1.807, 2.05) is 12.1 Å². The number of fused-ring (bicyclic) bond motifs is 1. The summed E-state index contributed by atoms with van der Waals surface area (Å²) >= 11 is 1.36. The predicted molar refractivity (Wildman–Crippen MR) is 72.1 cm³/mol. The second kappa shape index (κ2) is 4.29. The van der Waals surface area contributed by atoms with Crippen LogP contribution in [0.3, 0.4) is 0 Å². The van der Waals surface area contributed by atoms with E-state index in [1.165, 1.54) is 17.4 Å². The number of benzene rings is 1. The quantitative estimate of drug-likeness (QED) is 0.781. The number of nitrogens with zero attached hydrogens (tertiary/aromatic N) is 1. The van der Waals surface area contributed by atoms with Gasteiger partial charge in [-0.15, -0.1) is 11.3 Å². The van der Waals surface area contributed by atoms with E-state index in [0.717, 1.165) is 10.8 Å². The Balaban J connectivity index is 2.25. The van der Waals surface area contributed by atoms with Crippen LogP contribution in [0.4, 0.5) is 0 Å². The lowest BCUT2D eigenvalue weighted by Gasteiger charge is -2.01. The maximum Gasteiger partial charge on any atom is 0.264 e. The Morgan fingerprint density at radius 2 is 1.89 bits per heavy atom. The predicted octanol–water partition coefficient (Wildman–Crippen LogP) is 1.82. The molecule has 7 heteroatoms. The maximum absolute atomic E-state index is 12.4. The first kappa shape index (κ1) is 12.1. The van der Waals surface area contributed by atoms with Gasteiger partial charge < -0.3 is 0 Å². The molecule has 0 bridgehead atoms. The molecule has 0 unspecified atom stereocenters. The first-order valence-electron chi connectivity index (χ1n) is 5.36. The highest BCUT2D eigenvalue weighted by molar-refractivity contribution is 7.91. The molecule has 0 saturated carbocycles. The van der Waals surface area contributed by atoms with Crippen molar-refractivity contribution < 1.29 is 8.42 Å². The average Bonchev–Trinajstić information content (AvgIpc) is 2.83. The number of aromatic nitrogens is 2. The SMILES string of the molecule is O=c1ccc(S(=O)(=O)c2csc3ccccc23)n[nH]1. The summed E-state index contributed by atoms with van der Waals surface area (Å²) in [7, 11) is -3.71. The number of hydrogen-bond donors (Lipinski definition) is 1. The van der Waals surface area contributed by atoms with E-state index in [0.29, 0.717) is 5.39 Å². The standard InChI is InChI=1S/C12H8N2O3S2/c15-11-5-6-12(14-13-11)19(16,17)10-7-18-9-4-2-1-3-8(9)10/h1-7H,(H,13,15). The highest BCUT2D eigenvalue weighted by atomic mass is 32.2. The Hall–Kier alpha value is -1.99. The fourth-order valence-corrected chi connectivity index (χ4v) is 4.40. The second-order valence-electron chi connectivity index (χ2n) is 3.86. The molecule has 0 saturated heterocycles. The number of aromatic amines is 1. The molecule has 19 heavy (non-hydrogen) atoms. The molecule has 2 aromatic heterocycles. The van der Waals surface area contributed by atoms with Gasteiger partial charge in [0.15, 0.2) is 5.03 Å². The van der Waals surface area contributed by atoms with Crippen molar-refractivity contribution in [2.24, 2.45) is 0 Å². The topological polar surface area (TPSA) is 79.9 Å². The van der Waals surface area contributed by atoms with Gasteiger partial charge >= 0.3 is 0 Å². The second-order valence-corrected chi connectivity index (χ2v) is 6.64. The van der Waals surface area contributed by atoms with Gasteiger partial charge in [-0.25, -0.2) is 13.5 Å². The summed E-state index contributed by atoms with van der Waals surface area (Å²) in [5.74, 6) is 0. The molecule has 0 aliphatic heterocycles. The number of sulfone groups is 1. The van der Waals surface area contributed by atoms with E-state index in [4.69, 9.17) is 0 Å². The molecular weight excluding hydrogens is 284 g/mol. The fraction of sp³-hybridized carbons (Fsp3) is 0. The van der Waals surface area contributed by atoms with Crippen molar-refractivity contribution in [3.8, 4) is 0 Å². The van der Waals surface area contributed by atoms with Gasteiger partial charge in [0.1, 0.15) is 0 Å². The van der Waals surface area contributed by atoms with Gasteiger partial charge in [-0.3, -0.25) is 4.79 Å². The largest absolute Gasteiger partial charge is 0.268 e. The third-order valence-electron chi connectivity index (χ3n) is 2.66. The van der Waals surface area contributed by atoms with E-state index in [2.05, 4.69) is 10.2 Å². The fourth-order valence-electron chi connectivity index (χ4n) is 1.76. The van der Waals surface area contributed by atoms with Crippen molar-refractivity contribution in [3.05, 3.63) is 52.1 Å². The molecule has 3 rings (SSSR count). The zero-order valence-corrected chi connectivity index (χ0v) is 11.2. The maximum atomic E-state index is 12.4. The van der Waals surface area contributed by atoms with Gasteiger partial charge in [0, 0.05) is 21.5 Å². The van der Waals surface area contributed by atoms with Crippen LogP contribution in [0.15, 0.2) is 56.5 Å². The van der Waals surface area contributed by atoms with Gasteiger partial charge in [0.05, 0.1) is 4.90 Å². The summed E-state index contributed by atoms with van der Waals surface area (Å²) in [4.78, 5) is 11.2. The lowest BCUT2D eigenvalue weighted by atomic mass is 10.3. The van der Waals surface area contributed by atoms with Crippen LogP contribution in [0.2, 0.25) is 0 Å². The van der Waals surface area contributed by atoms with E-state index in [1.54, 1.807) is 17.5 Å². The normalized spacial score (nSPS) is 11.8.